The van der Waals surface area contributed by atoms with Crippen molar-refractivity contribution in [3.8, 4) is 0 Å². The molecular formula is C16H24Cl3N3O. The molecule has 7 heteroatoms. The summed E-state index contributed by atoms with van der Waals surface area (Å²) in [5.41, 5.74) is 9.20. The second-order valence-corrected chi connectivity index (χ2v) is 6.10. The van der Waals surface area contributed by atoms with Gasteiger partial charge in [0.05, 0.1) is 23.3 Å². The van der Waals surface area contributed by atoms with Crippen LogP contribution >= 0.6 is 36.4 Å². The molecule has 1 fully saturated rings. The van der Waals surface area contributed by atoms with Crippen molar-refractivity contribution in [1.29, 1.82) is 0 Å². The summed E-state index contributed by atoms with van der Waals surface area (Å²) in [6.07, 6.45) is 1.19. The molecule has 0 amide bonds. The second kappa shape index (κ2) is 9.11. The van der Waals surface area contributed by atoms with Crippen molar-refractivity contribution in [3.05, 3.63) is 34.5 Å². The van der Waals surface area contributed by atoms with Gasteiger partial charge in [0.25, 0.3) is 0 Å². The molecule has 1 aliphatic rings. The Labute approximate surface area is 154 Å². The number of halogens is 3. The molecule has 2 heterocycles. The number of ether oxygens (including phenoxy) is 1. The van der Waals surface area contributed by atoms with Gasteiger partial charge in [-0.25, -0.2) is 0 Å². The van der Waals surface area contributed by atoms with Gasteiger partial charge in [-0.2, -0.15) is 0 Å². The summed E-state index contributed by atoms with van der Waals surface area (Å²) in [6.45, 7) is 6.43. The van der Waals surface area contributed by atoms with E-state index in [1.165, 1.54) is 16.6 Å². The van der Waals surface area contributed by atoms with Crippen LogP contribution in [0.3, 0.4) is 0 Å². The SMILES string of the molecule is Cc1c(CN2CCOC(CCN)C2)[nH]c2c(Cl)cccc12.Cl.Cl. The summed E-state index contributed by atoms with van der Waals surface area (Å²) in [7, 11) is 0. The Hall–Kier alpha value is -0.490. The molecule has 0 saturated carbocycles. The zero-order valence-electron chi connectivity index (χ0n) is 13.2. The first-order valence-electron chi connectivity index (χ1n) is 7.48. The van der Waals surface area contributed by atoms with Crippen LogP contribution in [0.4, 0.5) is 0 Å². The lowest BCUT2D eigenvalue weighted by Gasteiger charge is -2.32. The summed E-state index contributed by atoms with van der Waals surface area (Å²) in [5.74, 6) is 0. The maximum absolute atomic E-state index is 6.27. The van der Waals surface area contributed by atoms with Crippen LogP contribution in [0.2, 0.25) is 5.02 Å². The summed E-state index contributed by atoms with van der Waals surface area (Å²) in [4.78, 5) is 5.91. The molecule has 0 radical (unpaired) electrons. The van der Waals surface area contributed by atoms with Gasteiger partial charge in [-0.1, -0.05) is 23.7 Å². The number of nitrogens with one attached hydrogen (secondary N) is 1. The quantitative estimate of drug-likeness (QED) is 0.853. The molecule has 1 saturated heterocycles. The van der Waals surface area contributed by atoms with Crippen LogP contribution in [0.15, 0.2) is 18.2 Å². The molecular weight excluding hydrogens is 357 g/mol. The van der Waals surface area contributed by atoms with Crippen molar-refractivity contribution < 1.29 is 4.74 Å². The van der Waals surface area contributed by atoms with Crippen LogP contribution in [0.5, 0.6) is 0 Å². The van der Waals surface area contributed by atoms with Gasteiger partial charge in [0.15, 0.2) is 0 Å². The smallest absolute Gasteiger partial charge is 0.0714 e. The summed E-state index contributed by atoms with van der Waals surface area (Å²) in [5, 5.41) is 1.99. The number of aromatic amines is 1. The highest BCUT2D eigenvalue weighted by Crippen LogP contribution is 2.28. The van der Waals surface area contributed by atoms with Crippen molar-refractivity contribution in [1.82, 2.24) is 9.88 Å². The highest BCUT2D eigenvalue weighted by molar-refractivity contribution is 6.35. The third-order valence-corrected chi connectivity index (χ3v) is 4.55. The minimum atomic E-state index is 0. The Bertz CT molecular complexity index is 630. The van der Waals surface area contributed by atoms with Gasteiger partial charge in [-0.05, 0) is 31.5 Å². The lowest BCUT2D eigenvalue weighted by Crippen LogP contribution is -2.42. The Morgan fingerprint density at radius 2 is 2.17 bits per heavy atom. The Kier molecular flexibility index (Phi) is 8.14. The summed E-state index contributed by atoms with van der Waals surface area (Å²) >= 11 is 6.27. The van der Waals surface area contributed by atoms with E-state index in [9.17, 15) is 0 Å². The fraction of sp³-hybridized carbons (Fsp3) is 0.500. The number of aryl methyl sites for hydroxylation is 1. The van der Waals surface area contributed by atoms with Crippen molar-refractivity contribution >= 4 is 47.3 Å². The van der Waals surface area contributed by atoms with Crippen molar-refractivity contribution in [2.45, 2.75) is 26.0 Å². The number of nitrogens with zero attached hydrogens (tertiary/aromatic N) is 1. The van der Waals surface area contributed by atoms with Crippen LogP contribution < -0.4 is 5.73 Å². The molecule has 1 aromatic carbocycles. The average Bonchev–Trinajstić information content (AvgIpc) is 2.79. The van der Waals surface area contributed by atoms with E-state index >= 15 is 0 Å². The third-order valence-electron chi connectivity index (χ3n) is 4.24. The van der Waals surface area contributed by atoms with E-state index in [-0.39, 0.29) is 30.9 Å². The Balaban J connectivity index is 0.00000132. The number of para-hydroxylation sites is 1. The molecule has 23 heavy (non-hydrogen) atoms. The zero-order valence-corrected chi connectivity index (χ0v) is 15.6. The molecule has 1 aliphatic heterocycles. The van der Waals surface area contributed by atoms with Crippen LogP contribution in [0, 0.1) is 6.92 Å². The van der Waals surface area contributed by atoms with E-state index in [4.69, 9.17) is 22.1 Å². The number of hydrogen-bond acceptors (Lipinski definition) is 3. The minimum Gasteiger partial charge on any atom is -0.376 e. The standard InChI is InChI=1S/C16H22ClN3O.2ClH/c1-11-13-3-2-4-14(17)16(13)19-15(11)10-20-7-8-21-12(9-20)5-6-18;;/h2-4,12,19H,5-10,18H2,1H3;2*1H. The van der Waals surface area contributed by atoms with Crippen LogP contribution in [-0.2, 0) is 11.3 Å². The molecule has 3 rings (SSSR count). The fourth-order valence-corrected chi connectivity index (χ4v) is 3.26. The summed E-state index contributed by atoms with van der Waals surface area (Å²) in [6, 6.07) is 6.05. The van der Waals surface area contributed by atoms with Gasteiger partial charge in [0.2, 0.25) is 0 Å². The average molecular weight is 381 g/mol. The van der Waals surface area contributed by atoms with E-state index in [1.54, 1.807) is 0 Å². The van der Waals surface area contributed by atoms with Crippen LogP contribution in [0.1, 0.15) is 17.7 Å². The Morgan fingerprint density at radius 1 is 1.39 bits per heavy atom. The third kappa shape index (κ3) is 4.53. The number of hydrogen-bond donors (Lipinski definition) is 2. The van der Waals surface area contributed by atoms with E-state index < -0.39 is 0 Å². The largest absolute Gasteiger partial charge is 0.376 e. The molecule has 1 unspecified atom stereocenters. The predicted molar refractivity (Wildman–Crippen MR) is 101 cm³/mol. The van der Waals surface area contributed by atoms with E-state index in [2.05, 4.69) is 22.9 Å². The fourth-order valence-electron chi connectivity index (χ4n) is 3.04. The topological polar surface area (TPSA) is 54.3 Å². The van der Waals surface area contributed by atoms with Gasteiger partial charge in [-0.3, -0.25) is 4.90 Å². The number of rotatable bonds is 4. The lowest BCUT2D eigenvalue weighted by atomic mass is 10.1. The van der Waals surface area contributed by atoms with E-state index in [0.717, 1.165) is 43.2 Å². The first-order valence-corrected chi connectivity index (χ1v) is 7.86. The highest BCUT2D eigenvalue weighted by atomic mass is 35.5. The molecule has 130 valence electrons. The van der Waals surface area contributed by atoms with Crippen molar-refractivity contribution in [3.63, 3.8) is 0 Å². The maximum Gasteiger partial charge on any atom is 0.0714 e. The zero-order chi connectivity index (χ0) is 14.8. The van der Waals surface area contributed by atoms with E-state index in [0.29, 0.717) is 6.54 Å². The van der Waals surface area contributed by atoms with Gasteiger partial charge in [0, 0.05) is 30.7 Å². The van der Waals surface area contributed by atoms with Crippen molar-refractivity contribution in [2.24, 2.45) is 5.73 Å². The van der Waals surface area contributed by atoms with Crippen molar-refractivity contribution in [2.75, 3.05) is 26.2 Å². The number of fused-ring (bicyclic) bond motifs is 1. The lowest BCUT2D eigenvalue weighted by molar-refractivity contribution is -0.0338. The normalized spacial score (nSPS) is 18.5. The van der Waals surface area contributed by atoms with Crippen LogP contribution in [0.25, 0.3) is 10.9 Å². The van der Waals surface area contributed by atoms with E-state index in [1.807, 2.05) is 12.1 Å². The minimum absolute atomic E-state index is 0. The second-order valence-electron chi connectivity index (χ2n) is 5.70. The number of morpholine rings is 1. The van der Waals surface area contributed by atoms with Gasteiger partial charge in [0.1, 0.15) is 0 Å². The maximum atomic E-state index is 6.27. The highest BCUT2D eigenvalue weighted by Gasteiger charge is 2.21. The molecule has 1 atom stereocenters. The number of aromatic nitrogens is 1. The van der Waals surface area contributed by atoms with Crippen LogP contribution in [-0.4, -0.2) is 42.2 Å². The van der Waals surface area contributed by atoms with Gasteiger partial charge >= 0.3 is 0 Å². The molecule has 3 N–H and O–H groups in total. The monoisotopic (exact) mass is 379 g/mol. The molecule has 0 aliphatic carbocycles. The molecule has 1 aromatic heterocycles. The number of H-pyrrole nitrogens is 1. The molecule has 2 aromatic rings. The first kappa shape index (κ1) is 20.6. The number of benzene rings is 1. The van der Waals surface area contributed by atoms with Gasteiger partial charge in [-0.15, -0.1) is 24.8 Å². The first-order chi connectivity index (χ1) is 10.2. The molecule has 4 nitrogen and oxygen atoms in total. The summed E-state index contributed by atoms with van der Waals surface area (Å²) < 4.78 is 5.74. The van der Waals surface area contributed by atoms with Gasteiger partial charge < -0.3 is 15.5 Å². The Morgan fingerprint density at radius 3 is 2.87 bits per heavy atom. The molecule has 0 bridgehead atoms. The number of nitrogens with two attached hydrogens (primary N) is 1. The predicted octanol–water partition coefficient (Wildman–Crippen LogP) is 3.52. The molecule has 0 spiro atoms.